The molecule has 1 fully saturated rings. The highest BCUT2D eigenvalue weighted by Gasteiger charge is 2.35. The summed E-state index contributed by atoms with van der Waals surface area (Å²) in [5.74, 6) is -1.88. The molecule has 0 radical (unpaired) electrons. The number of amides is 2. The molecule has 9 heteroatoms. The molecule has 0 spiro atoms. The molecule has 0 atom stereocenters. The van der Waals surface area contributed by atoms with Crippen LogP contribution in [0.3, 0.4) is 0 Å². The van der Waals surface area contributed by atoms with Crippen molar-refractivity contribution < 1.29 is 24.4 Å². The van der Waals surface area contributed by atoms with E-state index in [1.807, 2.05) is 19.9 Å². The largest absolute Gasteiger partial charge is 0.504 e. The molecule has 0 bridgehead atoms. The van der Waals surface area contributed by atoms with Gasteiger partial charge in [-0.2, -0.15) is 0 Å². The summed E-state index contributed by atoms with van der Waals surface area (Å²) in [7, 11) is 1.24. The van der Waals surface area contributed by atoms with Crippen LogP contribution in [0.5, 0.6) is 11.5 Å². The lowest BCUT2D eigenvalue weighted by Gasteiger charge is -2.16. The Hall–Kier alpha value is -3.88. The normalized spacial score (nSPS) is 15.1. The van der Waals surface area contributed by atoms with E-state index < -0.39 is 22.5 Å². The summed E-state index contributed by atoms with van der Waals surface area (Å²) in [6.07, 6.45) is 1.10. The maximum absolute atomic E-state index is 12.7. The van der Waals surface area contributed by atoms with Gasteiger partial charge in [0.2, 0.25) is 0 Å². The van der Waals surface area contributed by atoms with Crippen LogP contribution in [0.4, 0.5) is 11.4 Å². The molecule has 1 aliphatic heterocycles. The summed E-state index contributed by atoms with van der Waals surface area (Å²) in [6, 6.07) is 7.38. The van der Waals surface area contributed by atoms with Gasteiger partial charge in [0.05, 0.1) is 23.8 Å². The Morgan fingerprint density at radius 1 is 1.18 bits per heavy atom. The van der Waals surface area contributed by atoms with E-state index in [1.165, 1.54) is 7.11 Å². The van der Waals surface area contributed by atoms with E-state index in [9.17, 15) is 24.8 Å². The van der Waals surface area contributed by atoms with E-state index in [2.05, 4.69) is 5.43 Å². The first-order chi connectivity index (χ1) is 13.2. The highest BCUT2D eigenvalue weighted by atomic mass is 16.6. The van der Waals surface area contributed by atoms with Crippen molar-refractivity contribution in [1.82, 2.24) is 5.43 Å². The molecule has 0 aromatic heterocycles. The summed E-state index contributed by atoms with van der Waals surface area (Å²) in [4.78, 5) is 35.5. The molecule has 1 aliphatic rings. The van der Waals surface area contributed by atoms with Gasteiger partial charge in [0.1, 0.15) is 5.57 Å². The molecule has 3 rings (SSSR count). The number of phenols is 1. The number of hydrazine groups is 1. The van der Waals surface area contributed by atoms with E-state index in [0.29, 0.717) is 5.69 Å². The van der Waals surface area contributed by atoms with Crippen LogP contribution in [0, 0.1) is 24.0 Å². The predicted octanol–water partition coefficient (Wildman–Crippen LogP) is 2.39. The van der Waals surface area contributed by atoms with Gasteiger partial charge >= 0.3 is 0 Å². The summed E-state index contributed by atoms with van der Waals surface area (Å²) in [5, 5.41) is 22.4. The lowest BCUT2D eigenvalue weighted by atomic mass is 10.1. The lowest BCUT2D eigenvalue weighted by Crippen LogP contribution is -2.35. The molecule has 2 amide bonds. The van der Waals surface area contributed by atoms with Crippen molar-refractivity contribution in [2.75, 3.05) is 12.1 Å². The van der Waals surface area contributed by atoms with E-state index in [-0.39, 0.29) is 22.6 Å². The Morgan fingerprint density at radius 3 is 2.50 bits per heavy atom. The molecule has 2 aromatic carbocycles. The second kappa shape index (κ2) is 7.03. The number of nitro benzene ring substituents is 1. The van der Waals surface area contributed by atoms with Gasteiger partial charge in [0.15, 0.2) is 11.5 Å². The maximum Gasteiger partial charge on any atom is 0.282 e. The first-order valence-corrected chi connectivity index (χ1v) is 8.22. The Balaban J connectivity index is 2.04. The van der Waals surface area contributed by atoms with E-state index in [0.717, 1.165) is 34.3 Å². The number of carbonyl (C=O) groups excluding carboxylic acids is 2. The number of hydrogen-bond donors (Lipinski definition) is 2. The average molecular weight is 383 g/mol. The maximum atomic E-state index is 12.7. The van der Waals surface area contributed by atoms with E-state index in [1.54, 1.807) is 12.1 Å². The molecule has 0 aliphatic carbocycles. The lowest BCUT2D eigenvalue weighted by molar-refractivity contribution is -0.385. The van der Waals surface area contributed by atoms with Gasteiger partial charge in [-0.05, 0) is 43.2 Å². The fraction of sp³-hybridized carbons (Fsp3) is 0.158. The van der Waals surface area contributed by atoms with Crippen molar-refractivity contribution in [2.45, 2.75) is 13.8 Å². The summed E-state index contributed by atoms with van der Waals surface area (Å²) in [6.45, 7) is 3.80. The SMILES string of the molecule is COc1cc([N+](=O)[O-])cc(C=C2C(=O)NN(c3ccc(C)c(C)c3)C2=O)c1O. The molecule has 144 valence electrons. The topological polar surface area (TPSA) is 122 Å². The number of hydrogen-bond acceptors (Lipinski definition) is 6. The first-order valence-electron chi connectivity index (χ1n) is 8.22. The van der Waals surface area contributed by atoms with Gasteiger partial charge in [0, 0.05) is 11.6 Å². The van der Waals surface area contributed by atoms with Crippen molar-refractivity contribution >= 4 is 29.3 Å². The van der Waals surface area contributed by atoms with Crippen LogP contribution >= 0.6 is 0 Å². The van der Waals surface area contributed by atoms with Crippen molar-refractivity contribution in [3.8, 4) is 11.5 Å². The second-order valence-corrected chi connectivity index (χ2v) is 6.25. The number of carbonyl (C=O) groups is 2. The molecule has 28 heavy (non-hydrogen) atoms. The molecule has 0 unspecified atom stereocenters. The van der Waals surface area contributed by atoms with Crippen LogP contribution in [0.15, 0.2) is 35.9 Å². The van der Waals surface area contributed by atoms with Crippen molar-refractivity contribution in [3.05, 3.63) is 62.7 Å². The van der Waals surface area contributed by atoms with E-state index in [4.69, 9.17) is 4.74 Å². The number of non-ortho nitro benzene ring substituents is 1. The number of rotatable bonds is 4. The molecule has 2 N–H and O–H groups in total. The number of nitro groups is 1. The number of benzene rings is 2. The number of aromatic hydroxyl groups is 1. The molecule has 9 nitrogen and oxygen atoms in total. The third-order valence-electron chi connectivity index (χ3n) is 4.46. The Labute approximate surface area is 160 Å². The number of aryl methyl sites for hydroxylation is 2. The van der Waals surface area contributed by atoms with Crippen molar-refractivity contribution in [2.24, 2.45) is 0 Å². The number of phenolic OH excluding ortho intramolecular Hbond substituents is 1. The first kappa shape index (κ1) is 18.9. The number of nitrogens with zero attached hydrogens (tertiary/aromatic N) is 2. The van der Waals surface area contributed by atoms with Gasteiger partial charge < -0.3 is 9.84 Å². The summed E-state index contributed by atoms with van der Waals surface area (Å²) >= 11 is 0. The number of anilines is 1. The predicted molar refractivity (Wildman–Crippen MR) is 101 cm³/mol. The summed E-state index contributed by atoms with van der Waals surface area (Å²) < 4.78 is 4.93. The van der Waals surface area contributed by atoms with Gasteiger partial charge in [-0.25, -0.2) is 5.01 Å². The van der Waals surface area contributed by atoms with Crippen LogP contribution in [-0.4, -0.2) is 29.0 Å². The highest BCUT2D eigenvalue weighted by Crippen LogP contribution is 2.36. The second-order valence-electron chi connectivity index (χ2n) is 6.25. The monoisotopic (exact) mass is 383 g/mol. The van der Waals surface area contributed by atoms with Crippen LogP contribution < -0.4 is 15.2 Å². The van der Waals surface area contributed by atoms with Crippen LogP contribution in [0.1, 0.15) is 16.7 Å². The Kier molecular flexibility index (Phi) is 4.74. The zero-order valence-electron chi connectivity index (χ0n) is 15.3. The third-order valence-corrected chi connectivity index (χ3v) is 4.46. The Bertz CT molecular complexity index is 1040. The molecule has 0 saturated carbocycles. The van der Waals surface area contributed by atoms with Crippen LogP contribution in [0.2, 0.25) is 0 Å². The van der Waals surface area contributed by atoms with Crippen LogP contribution in [0.25, 0.3) is 6.08 Å². The summed E-state index contributed by atoms with van der Waals surface area (Å²) in [5.41, 5.74) is 4.21. The zero-order valence-corrected chi connectivity index (χ0v) is 15.3. The zero-order chi connectivity index (χ0) is 20.6. The van der Waals surface area contributed by atoms with Crippen molar-refractivity contribution in [1.29, 1.82) is 0 Å². The minimum absolute atomic E-state index is 0.0773. The van der Waals surface area contributed by atoms with Gasteiger partial charge in [-0.15, -0.1) is 0 Å². The molecule has 1 saturated heterocycles. The minimum Gasteiger partial charge on any atom is -0.504 e. The fourth-order valence-electron chi connectivity index (χ4n) is 2.74. The third kappa shape index (κ3) is 3.25. The molecular weight excluding hydrogens is 366 g/mol. The number of nitrogens with one attached hydrogen (secondary N) is 1. The highest BCUT2D eigenvalue weighted by molar-refractivity contribution is 6.31. The Morgan fingerprint density at radius 2 is 1.89 bits per heavy atom. The average Bonchev–Trinajstić information content (AvgIpc) is 2.93. The van der Waals surface area contributed by atoms with Crippen LogP contribution in [-0.2, 0) is 9.59 Å². The molecule has 2 aromatic rings. The van der Waals surface area contributed by atoms with E-state index >= 15 is 0 Å². The van der Waals surface area contributed by atoms with Gasteiger partial charge in [-0.1, -0.05) is 6.07 Å². The van der Waals surface area contributed by atoms with Crippen molar-refractivity contribution in [3.63, 3.8) is 0 Å². The minimum atomic E-state index is -0.687. The quantitative estimate of drug-likeness (QED) is 0.362. The number of ether oxygens (including phenoxy) is 1. The molecular formula is C19H17N3O6. The molecule has 1 heterocycles. The fourth-order valence-corrected chi connectivity index (χ4v) is 2.74. The van der Waals surface area contributed by atoms with Gasteiger partial charge in [0.25, 0.3) is 17.5 Å². The van der Waals surface area contributed by atoms with Gasteiger partial charge in [-0.3, -0.25) is 25.1 Å². The standard InChI is InChI=1S/C19H17N3O6/c1-10-4-5-13(6-11(10)2)21-19(25)15(18(24)20-21)8-12-7-14(22(26)27)9-16(28-3)17(12)23/h4-9,23H,1-3H3,(H,20,24). The smallest absolute Gasteiger partial charge is 0.282 e. The number of methoxy groups -OCH3 is 1.